The molecule has 1 aromatic rings. The molecule has 1 aliphatic heterocycles. The summed E-state index contributed by atoms with van der Waals surface area (Å²) in [7, 11) is 0. The Morgan fingerprint density at radius 1 is 1.41 bits per heavy atom. The lowest BCUT2D eigenvalue weighted by Crippen LogP contribution is -2.39. The highest BCUT2D eigenvalue weighted by atomic mass is 32.2. The number of rotatable bonds is 3. The van der Waals surface area contributed by atoms with Crippen LogP contribution in [0.3, 0.4) is 0 Å². The van der Waals surface area contributed by atoms with E-state index in [1.807, 2.05) is 17.0 Å². The summed E-state index contributed by atoms with van der Waals surface area (Å²) in [5.41, 5.74) is 6.29. The van der Waals surface area contributed by atoms with Gasteiger partial charge in [-0.25, -0.2) is 4.98 Å². The third-order valence-electron chi connectivity index (χ3n) is 3.79. The molecule has 0 spiro atoms. The average Bonchev–Trinajstić information content (AvgIpc) is 2.53. The molecule has 6 nitrogen and oxygen atoms in total. The summed E-state index contributed by atoms with van der Waals surface area (Å²) in [6, 6.07) is 5.39. The molecule has 1 fully saturated rings. The molecule has 114 valence electrons. The highest BCUT2D eigenvalue weighted by Crippen LogP contribution is 2.22. The largest absolute Gasteiger partial charge is 0.342 e. The highest BCUT2D eigenvalue weighted by Gasteiger charge is 2.22. The number of hydrogen-bond donors (Lipinski definition) is 1. The van der Waals surface area contributed by atoms with Crippen molar-refractivity contribution in [3.05, 3.63) is 17.2 Å². The van der Waals surface area contributed by atoms with Crippen LogP contribution in [0.2, 0.25) is 0 Å². The van der Waals surface area contributed by atoms with Crippen molar-refractivity contribution in [1.29, 1.82) is 10.5 Å². The van der Waals surface area contributed by atoms with Gasteiger partial charge in [0.2, 0.25) is 5.91 Å². The smallest absolute Gasteiger partial charge is 0.289 e. The van der Waals surface area contributed by atoms with Crippen LogP contribution < -0.4 is 10.7 Å². The van der Waals surface area contributed by atoms with Crippen LogP contribution in [0, 0.1) is 28.6 Å². The second-order valence-corrected chi connectivity index (χ2v) is 6.40. The van der Waals surface area contributed by atoms with Crippen molar-refractivity contribution >= 4 is 23.5 Å². The summed E-state index contributed by atoms with van der Waals surface area (Å²) in [5.74, 6) is 1.21. The Hall–Kier alpha value is -2.25. The van der Waals surface area contributed by atoms with Crippen LogP contribution in [0.4, 0.5) is 5.82 Å². The molecular formula is C15H18N5OS+. The summed E-state index contributed by atoms with van der Waals surface area (Å²) in [5, 5.41) is 18.6. The van der Waals surface area contributed by atoms with Gasteiger partial charge in [0.15, 0.2) is 5.03 Å². The van der Waals surface area contributed by atoms with Crippen LogP contribution in [0.1, 0.15) is 30.9 Å². The number of nitriles is 2. The molecule has 0 radical (unpaired) electrons. The Morgan fingerprint density at radius 2 is 2.05 bits per heavy atom. The first kappa shape index (κ1) is 16.1. The second kappa shape index (κ2) is 7.15. The third kappa shape index (κ3) is 3.69. The molecule has 2 heterocycles. The lowest BCUT2D eigenvalue weighted by atomic mass is 9.99. The predicted octanol–water partition coefficient (Wildman–Crippen LogP) is 1.18. The highest BCUT2D eigenvalue weighted by molar-refractivity contribution is 7.99. The first-order chi connectivity index (χ1) is 10.5. The van der Waals surface area contributed by atoms with E-state index < -0.39 is 0 Å². The summed E-state index contributed by atoms with van der Waals surface area (Å²) < 4.78 is 0. The van der Waals surface area contributed by atoms with Crippen LogP contribution in [0.15, 0.2) is 11.1 Å². The van der Waals surface area contributed by atoms with E-state index in [1.165, 1.54) is 17.8 Å². The number of aromatic nitrogens is 1. The number of hydrogen-bond acceptors (Lipinski definition) is 5. The van der Waals surface area contributed by atoms with Crippen molar-refractivity contribution in [2.24, 2.45) is 5.92 Å². The van der Waals surface area contributed by atoms with Crippen LogP contribution in [0.5, 0.6) is 0 Å². The number of amides is 1. The first-order valence-electron chi connectivity index (χ1n) is 7.11. The fourth-order valence-corrected chi connectivity index (χ4v) is 3.21. The zero-order valence-corrected chi connectivity index (χ0v) is 13.2. The van der Waals surface area contributed by atoms with E-state index in [1.54, 1.807) is 0 Å². The van der Waals surface area contributed by atoms with Crippen LogP contribution in [-0.4, -0.2) is 29.6 Å². The SMILES string of the molecule is CC1CCN(C(=O)CSc2[nH+]c(N)c(C#N)cc2C#N)CC1. The predicted molar refractivity (Wildman–Crippen MR) is 82.5 cm³/mol. The minimum absolute atomic E-state index is 0.0668. The number of nitrogens with one attached hydrogen (secondary N) is 1. The van der Waals surface area contributed by atoms with Gasteiger partial charge in [-0.05, 0) is 24.8 Å². The molecule has 1 aromatic heterocycles. The number of nitrogens with zero attached hydrogens (tertiary/aromatic N) is 3. The van der Waals surface area contributed by atoms with Gasteiger partial charge in [-0.3, -0.25) is 10.5 Å². The average molecular weight is 316 g/mol. The van der Waals surface area contributed by atoms with E-state index >= 15 is 0 Å². The van der Waals surface area contributed by atoms with Crippen LogP contribution in [0.25, 0.3) is 0 Å². The van der Waals surface area contributed by atoms with Gasteiger partial charge < -0.3 is 4.90 Å². The van der Waals surface area contributed by atoms with Gasteiger partial charge in [0.25, 0.3) is 5.82 Å². The normalized spacial score (nSPS) is 15.1. The number of carbonyl (C=O) groups excluding carboxylic acids is 1. The Balaban J connectivity index is 2.03. The standard InChI is InChI=1S/C15H17N5OS/c1-10-2-4-20(5-3-10)13(21)9-22-15-12(8-17)6-11(7-16)14(18)19-15/h6,10H,2-5,9H2,1H3,(H2,18,19)/p+1. The van der Waals surface area contributed by atoms with Crippen molar-refractivity contribution < 1.29 is 9.78 Å². The number of thioether (sulfide) groups is 1. The maximum absolute atomic E-state index is 12.2. The summed E-state index contributed by atoms with van der Waals surface area (Å²) in [4.78, 5) is 16.9. The molecule has 1 saturated heterocycles. The zero-order chi connectivity index (χ0) is 16.1. The molecule has 3 N–H and O–H groups in total. The maximum atomic E-state index is 12.2. The fourth-order valence-electron chi connectivity index (χ4n) is 2.32. The van der Waals surface area contributed by atoms with Gasteiger partial charge in [-0.1, -0.05) is 18.7 Å². The van der Waals surface area contributed by atoms with E-state index in [4.69, 9.17) is 16.3 Å². The number of aromatic amines is 1. The maximum Gasteiger partial charge on any atom is 0.289 e. The van der Waals surface area contributed by atoms with Crippen molar-refractivity contribution in [3.8, 4) is 12.1 Å². The molecule has 22 heavy (non-hydrogen) atoms. The molecule has 0 saturated carbocycles. The van der Waals surface area contributed by atoms with Crippen molar-refractivity contribution in [3.63, 3.8) is 0 Å². The number of piperidine rings is 1. The Bertz CT molecular complexity index is 653. The number of nitrogens with two attached hydrogens (primary N) is 1. The Kier molecular flexibility index (Phi) is 5.24. The summed E-state index contributed by atoms with van der Waals surface area (Å²) >= 11 is 1.25. The van der Waals surface area contributed by atoms with Crippen molar-refractivity contribution in [2.75, 3.05) is 24.6 Å². The molecule has 2 rings (SSSR count). The van der Waals surface area contributed by atoms with Gasteiger partial charge in [0.05, 0.1) is 5.75 Å². The quantitative estimate of drug-likeness (QED) is 0.842. The molecule has 1 amide bonds. The lowest BCUT2D eigenvalue weighted by molar-refractivity contribution is -0.410. The van der Waals surface area contributed by atoms with Gasteiger partial charge in [-0.15, -0.1) is 0 Å². The number of anilines is 1. The number of pyridine rings is 1. The minimum Gasteiger partial charge on any atom is -0.342 e. The molecule has 1 aliphatic rings. The zero-order valence-electron chi connectivity index (χ0n) is 12.4. The first-order valence-corrected chi connectivity index (χ1v) is 8.10. The lowest BCUT2D eigenvalue weighted by Gasteiger charge is -2.30. The minimum atomic E-state index is 0.0668. The number of H-pyrrole nitrogens is 1. The third-order valence-corrected chi connectivity index (χ3v) is 4.79. The summed E-state index contributed by atoms with van der Waals surface area (Å²) in [6.07, 6.45) is 2.07. The van der Waals surface area contributed by atoms with Crippen LogP contribution >= 0.6 is 11.8 Å². The van der Waals surface area contributed by atoms with Crippen molar-refractivity contribution in [1.82, 2.24) is 4.90 Å². The molecule has 0 unspecified atom stereocenters. The fraction of sp³-hybridized carbons (Fsp3) is 0.467. The van der Waals surface area contributed by atoms with Crippen molar-refractivity contribution in [2.45, 2.75) is 24.8 Å². The molecule has 0 aromatic carbocycles. The molecule has 0 bridgehead atoms. The van der Waals surface area contributed by atoms with Crippen LogP contribution in [-0.2, 0) is 4.79 Å². The Morgan fingerprint density at radius 3 is 2.64 bits per heavy atom. The monoisotopic (exact) mass is 316 g/mol. The molecule has 0 aliphatic carbocycles. The van der Waals surface area contributed by atoms with Gasteiger partial charge in [0.1, 0.15) is 23.3 Å². The van der Waals surface area contributed by atoms with E-state index in [0.717, 1.165) is 25.9 Å². The van der Waals surface area contributed by atoms with E-state index in [2.05, 4.69) is 11.9 Å². The number of carbonyl (C=O) groups is 1. The topological polar surface area (TPSA) is 108 Å². The molecule has 0 atom stereocenters. The van der Waals surface area contributed by atoms with Gasteiger partial charge in [-0.2, -0.15) is 10.5 Å². The second-order valence-electron chi connectivity index (χ2n) is 5.42. The Labute approximate surface area is 133 Å². The van der Waals surface area contributed by atoms with Gasteiger partial charge >= 0.3 is 0 Å². The number of likely N-dealkylation sites (tertiary alicyclic amines) is 1. The molecule has 7 heteroatoms. The summed E-state index contributed by atoms with van der Waals surface area (Å²) in [6.45, 7) is 3.79. The van der Waals surface area contributed by atoms with E-state index in [9.17, 15) is 4.79 Å². The van der Waals surface area contributed by atoms with Gasteiger partial charge in [0, 0.05) is 13.1 Å². The molecular weight excluding hydrogens is 298 g/mol. The number of nitrogen functional groups attached to an aromatic ring is 1. The van der Waals surface area contributed by atoms with E-state index in [-0.39, 0.29) is 23.0 Å². The van der Waals surface area contributed by atoms with E-state index in [0.29, 0.717) is 16.5 Å².